The molecule has 0 radical (unpaired) electrons. The van der Waals surface area contributed by atoms with Crippen molar-refractivity contribution in [3.63, 3.8) is 0 Å². The molecule has 0 atom stereocenters. The van der Waals surface area contributed by atoms with Crippen LogP contribution in [0.1, 0.15) is 23.2 Å². The third-order valence-electron chi connectivity index (χ3n) is 5.97. The Bertz CT molecular complexity index is 1470. The molecule has 0 aliphatic heterocycles. The number of halogens is 1. The van der Waals surface area contributed by atoms with Crippen LogP contribution >= 0.6 is 0 Å². The van der Waals surface area contributed by atoms with Gasteiger partial charge in [0.05, 0.1) is 14.2 Å². The number of methoxy groups -OCH3 is 2. The number of H-pyrrole nitrogens is 1. The number of nitrogens with zero attached hydrogens (tertiary/aromatic N) is 2. The fraction of sp³-hybridized carbons (Fsp3) is 0.241. The van der Waals surface area contributed by atoms with Gasteiger partial charge in [-0.25, -0.2) is 4.39 Å². The number of carbonyl (C=O) groups is 1. The summed E-state index contributed by atoms with van der Waals surface area (Å²) < 4.78 is 29.7. The van der Waals surface area contributed by atoms with Crippen molar-refractivity contribution < 1.29 is 23.4 Å². The highest BCUT2D eigenvalue weighted by atomic mass is 19.1. The molecule has 1 aromatic heterocycles. The Morgan fingerprint density at radius 2 is 1.74 bits per heavy atom. The molecule has 9 nitrogen and oxygen atoms in total. The Balaban J connectivity index is 1.31. The summed E-state index contributed by atoms with van der Waals surface area (Å²) in [6.45, 7) is 0.643. The zero-order chi connectivity index (χ0) is 27.6. The Morgan fingerprint density at radius 3 is 2.46 bits per heavy atom. The molecule has 10 heteroatoms. The molecule has 39 heavy (non-hydrogen) atoms. The molecule has 1 amide bonds. The van der Waals surface area contributed by atoms with Gasteiger partial charge in [0, 0.05) is 24.9 Å². The molecule has 1 heterocycles. The lowest BCUT2D eigenvalue weighted by molar-refractivity contribution is -0.121. The number of amides is 1. The minimum atomic E-state index is -0.420. The van der Waals surface area contributed by atoms with Crippen molar-refractivity contribution in [1.29, 1.82) is 0 Å². The van der Waals surface area contributed by atoms with Crippen LogP contribution < -0.4 is 25.1 Å². The molecule has 0 aliphatic rings. The van der Waals surface area contributed by atoms with Crippen molar-refractivity contribution in [3.05, 3.63) is 99.7 Å². The summed E-state index contributed by atoms with van der Waals surface area (Å²) in [7, 11) is 3.11. The number of hydrogen-bond donors (Lipinski definition) is 2. The number of carbonyl (C=O) groups excluding carboxylic acids is 1. The second-order valence-electron chi connectivity index (χ2n) is 8.68. The number of aromatic nitrogens is 3. The average Bonchev–Trinajstić information content (AvgIpc) is 2.95. The average molecular weight is 533 g/mol. The van der Waals surface area contributed by atoms with Gasteiger partial charge in [0.1, 0.15) is 23.9 Å². The molecule has 2 N–H and O–H groups in total. The molecule has 0 fully saturated rings. The third-order valence-corrected chi connectivity index (χ3v) is 5.97. The molecule has 4 aromatic rings. The highest BCUT2D eigenvalue weighted by Gasteiger charge is 2.13. The lowest BCUT2D eigenvalue weighted by atomic mass is 10.1. The van der Waals surface area contributed by atoms with Gasteiger partial charge in [0.2, 0.25) is 5.91 Å². The minimum absolute atomic E-state index is 0.116. The number of aryl methyl sites for hydroxylation is 1. The molecule has 0 bridgehead atoms. The predicted octanol–water partition coefficient (Wildman–Crippen LogP) is 3.86. The van der Waals surface area contributed by atoms with Gasteiger partial charge < -0.3 is 24.5 Å². The number of aromatic amines is 1. The Labute approximate surface area is 225 Å². The molecule has 0 saturated heterocycles. The van der Waals surface area contributed by atoms with E-state index in [1.165, 1.54) is 19.2 Å². The lowest BCUT2D eigenvalue weighted by Crippen LogP contribution is -2.27. The summed E-state index contributed by atoms with van der Waals surface area (Å²) in [5.41, 5.74) is 2.08. The van der Waals surface area contributed by atoms with Crippen molar-refractivity contribution in [2.45, 2.75) is 25.9 Å². The van der Waals surface area contributed by atoms with Crippen LogP contribution in [0.15, 0.2) is 71.5 Å². The van der Waals surface area contributed by atoms with Crippen LogP contribution in [0.5, 0.6) is 17.2 Å². The highest BCUT2D eigenvalue weighted by Crippen LogP contribution is 2.31. The quantitative estimate of drug-likeness (QED) is 0.285. The number of ether oxygens (including phenoxy) is 3. The molecule has 0 spiro atoms. The molecular formula is C29H29FN4O5. The molecule has 0 aliphatic carbocycles. The largest absolute Gasteiger partial charge is 0.497 e. The van der Waals surface area contributed by atoms with Gasteiger partial charge in [-0.2, -0.15) is 0 Å². The smallest absolute Gasteiger partial charge is 0.273 e. The summed E-state index contributed by atoms with van der Waals surface area (Å²) in [5.74, 6) is 1.39. The second kappa shape index (κ2) is 13.2. The van der Waals surface area contributed by atoms with E-state index in [4.69, 9.17) is 14.2 Å². The van der Waals surface area contributed by atoms with Crippen LogP contribution in [-0.2, 0) is 24.2 Å². The van der Waals surface area contributed by atoms with Crippen molar-refractivity contribution in [3.8, 4) is 28.6 Å². The minimum Gasteiger partial charge on any atom is -0.497 e. The van der Waals surface area contributed by atoms with E-state index >= 15 is 0 Å². The number of nitrogens with one attached hydrogen (secondary N) is 2. The number of rotatable bonds is 12. The van der Waals surface area contributed by atoms with Crippen molar-refractivity contribution in [1.82, 2.24) is 20.5 Å². The first-order valence-corrected chi connectivity index (χ1v) is 12.4. The van der Waals surface area contributed by atoms with Crippen LogP contribution in [0.2, 0.25) is 0 Å². The van der Waals surface area contributed by atoms with Gasteiger partial charge in [-0.1, -0.05) is 24.3 Å². The van der Waals surface area contributed by atoms with E-state index in [1.807, 2.05) is 24.3 Å². The second-order valence-corrected chi connectivity index (χ2v) is 8.68. The predicted molar refractivity (Wildman–Crippen MR) is 143 cm³/mol. The monoisotopic (exact) mass is 532 g/mol. The van der Waals surface area contributed by atoms with Crippen molar-refractivity contribution in [2.75, 3.05) is 20.8 Å². The number of benzene rings is 3. The Kier molecular flexibility index (Phi) is 9.23. The van der Waals surface area contributed by atoms with E-state index in [-0.39, 0.29) is 42.7 Å². The first kappa shape index (κ1) is 27.3. The maximum absolute atomic E-state index is 13.4. The Hall–Kier alpha value is -4.73. The van der Waals surface area contributed by atoms with E-state index in [9.17, 15) is 14.0 Å². The topological polar surface area (TPSA) is 115 Å². The summed E-state index contributed by atoms with van der Waals surface area (Å²) in [5, 5.41) is 11.0. The number of hydrogen-bond acceptors (Lipinski definition) is 7. The van der Waals surface area contributed by atoms with Crippen LogP contribution in [0.25, 0.3) is 11.4 Å². The molecular weight excluding hydrogens is 503 g/mol. The van der Waals surface area contributed by atoms with Crippen LogP contribution in [-0.4, -0.2) is 41.9 Å². The lowest BCUT2D eigenvalue weighted by Gasteiger charge is -2.12. The van der Waals surface area contributed by atoms with Crippen molar-refractivity contribution in [2.24, 2.45) is 0 Å². The zero-order valence-corrected chi connectivity index (χ0v) is 21.7. The van der Waals surface area contributed by atoms with E-state index in [0.717, 1.165) is 11.3 Å². The Morgan fingerprint density at radius 1 is 0.923 bits per heavy atom. The zero-order valence-electron chi connectivity index (χ0n) is 21.7. The van der Waals surface area contributed by atoms with Gasteiger partial charge >= 0.3 is 0 Å². The summed E-state index contributed by atoms with van der Waals surface area (Å²) in [4.78, 5) is 27.5. The van der Waals surface area contributed by atoms with Gasteiger partial charge in [-0.05, 0) is 60.0 Å². The van der Waals surface area contributed by atoms with E-state index in [2.05, 4.69) is 20.5 Å². The molecule has 202 valence electrons. The maximum atomic E-state index is 13.4. The van der Waals surface area contributed by atoms with Crippen molar-refractivity contribution >= 4 is 5.91 Å². The standard InChI is InChI=1S/C29H29FN4O5/c1-37-23-9-6-19(7-10-23)14-15-31-27(35)13-11-24-29(36)32-28(34-33-24)21-8-12-25(26(17-21)38-2)39-18-20-4-3-5-22(30)16-20/h3-10,12,16-17H,11,13-15,18H2,1-2H3,(H,31,35)(H,32,34,36). The first-order chi connectivity index (χ1) is 18.9. The van der Waals surface area contributed by atoms with Gasteiger partial charge in [0.25, 0.3) is 5.56 Å². The van der Waals surface area contributed by atoms with E-state index < -0.39 is 5.56 Å². The fourth-order valence-electron chi connectivity index (χ4n) is 3.83. The van der Waals surface area contributed by atoms with Gasteiger partial charge in [-0.15, -0.1) is 10.2 Å². The van der Waals surface area contributed by atoms with Crippen LogP contribution in [0.3, 0.4) is 0 Å². The fourth-order valence-corrected chi connectivity index (χ4v) is 3.83. The summed E-state index contributed by atoms with van der Waals surface area (Å²) in [6, 6.07) is 18.8. The van der Waals surface area contributed by atoms with E-state index in [0.29, 0.717) is 35.6 Å². The van der Waals surface area contributed by atoms with Crippen LogP contribution in [0, 0.1) is 5.82 Å². The maximum Gasteiger partial charge on any atom is 0.273 e. The van der Waals surface area contributed by atoms with Gasteiger partial charge in [-0.3, -0.25) is 9.59 Å². The molecule has 4 rings (SSSR count). The highest BCUT2D eigenvalue weighted by molar-refractivity contribution is 5.76. The first-order valence-electron chi connectivity index (χ1n) is 12.4. The molecule has 0 saturated carbocycles. The summed E-state index contributed by atoms with van der Waals surface area (Å²) >= 11 is 0. The summed E-state index contributed by atoms with van der Waals surface area (Å²) in [6.07, 6.45) is 0.959. The van der Waals surface area contributed by atoms with Gasteiger partial charge in [0.15, 0.2) is 17.3 Å². The SMILES string of the molecule is COc1ccc(CCNC(=O)CCc2nnc(-c3ccc(OCc4cccc(F)c4)c(OC)c3)[nH]c2=O)cc1. The molecule has 0 unspecified atom stereocenters. The van der Waals surface area contributed by atoms with Crippen LogP contribution in [0.4, 0.5) is 4.39 Å². The third kappa shape index (κ3) is 7.64. The van der Waals surface area contributed by atoms with E-state index in [1.54, 1.807) is 37.4 Å². The normalized spacial score (nSPS) is 10.6. The molecule has 3 aromatic carbocycles.